The van der Waals surface area contributed by atoms with Crippen LogP contribution in [0, 0.1) is 22.6 Å². The Labute approximate surface area is 245 Å². The van der Waals surface area contributed by atoms with Crippen LogP contribution in [-0.2, 0) is 10.2 Å². The molecule has 0 saturated carbocycles. The molecule has 6 rings (SSSR count). The van der Waals surface area contributed by atoms with E-state index in [1.807, 2.05) is 26.8 Å². The third kappa shape index (κ3) is 3.83. The van der Waals surface area contributed by atoms with Crippen LogP contribution in [0.5, 0.6) is 5.88 Å². The van der Waals surface area contributed by atoms with E-state index < -0.39 is 46.1 Å². The number of nitrogens with zero attached hydrogens (tertiary/aromatic N) is 3. The Morgan fingerprint density at radius 1 is 1.10 bits per heavy atom. The van der Waals surface area contributed by atoms with Crippen molar-refractivity contribution in [2.75, 3.05) is 5.32 Å². The summed E-state index contributed by atoms with van der Waals surface area (Å²) in [6, 6.07) is 16.9. The van der Waals surface area contributed by atoms with Crippen LogP contribution in [0.3, 0.4) is 0 Å². The molecule has 0 saturated heterocycles. The fourth-order valence-electron chi connectivity index (χ4n) is 6.54. The number of nitriles is 1. The van der Waals surface area contributed by atoms with Gasteiger partial charge in [0.05, 0.1) is 40.0 Å². The standard InChI is InChI=1S/C31H25Cl2FN4O3/c1-30(2,3)14-23-31(20-12-9-17(32)13-22(20)36-28(31)40)24(19-5-4-6-21(33)25(19)34)26-27(39)37(29(41)38(23)26)18-10-7-16(15-35)8-11-18/h4-13,23-24,39H,14H2,1-3H3,(H,36,40)/t23-,24-,31+/m0/s1. The highest BCUT2D eigenvalue weighted by Crippen LogP contribution is 2.64. The Bertz CT molecular complexity index is 1850. The molecular weight excluding hydrogens is 566 g/mol. The SMILES string of the molecule is CC(C)(C)C[C@@H]1n2c(c(O)n(-c3ccc(C#N)cc3)c2=O)[C@H](c2cccc(Cl)c2F)[C@]12C(=O)Nc1cc(Cl)ccc12. The molecule has 0 unspecified atom stereocenters. The first-order valence-corrected chi connectivity index (χ1v) is 13.8. The molecule has 0 aliphatic carbocycles. The van der Waals surface area contributed by atoms with Crippen molar-refractivity contribution in [3.05, 3.63) is 109 Å². The third-order valence-corrected chi connectivity index (χ3v) is 8.59. The first-order valence-electron chi connectivity index (χ1n) is 13.0. The van der Waals surface area contributed by atoms with Crippen molar-refractivity contribution in [3.63, 3.8) is 0 Å². The van der Waals surface area contributed by atoms with Crippen LogP contribution in [0.15, 0.2) is 65.5 Å². The number of aromatic hydroxyl groups is 1. The zero-order chi connectivity index (χ0) is 29.4. The predicted molar refractivity (Wildman–Crippen MR) is 155 cm³/mol. The second-order valence-corrected chi connectivity index (χ2v) is 12.6. The largest absolute Gasteiger partial charge is 0.493 e. The molecule has 7 nitrogen and oxygen atoms in total. The van der Waals surface area contributed by atoms with Gasteiger partial charge in [-0.2, -0.15) is 5.26 Å². The van der Waals surface area contributed by atoms with Crippen LogP contribution in [0.2, 0.25) is 10.0 Å². The monoisotopic (exact) mass is 590 g/mol. The maximum absolute atomic E-state index is 16.0. The van der Waals surface area contributed by atoms with Gasteiger partial charge < -0.3 is 10.4 Å². The Morgan fingerprint density at radius 2 is 1.80 bits per heavy atom. The van der Waals surface area contributed by atoms with Crippen LogP contribution < -0.4 is 11.0 Å². The van der Waals surface area contributed by atoms with E-state index in [0.29, 0.717) is 33.9 Å². The van der Waals surface area contributed by atoms with Gasteiger partial charge in [0.25, 0.3) is 0 Å². The van der Waals surface area contributed by atoms with E-state index in [0.717, 1.165) is 4.57 Å². The Balaban J connectivity index is 1.74. The zero-order valence-corrected chi connectivity index (χ0v) is 23.9. The van der Waals surface area contributed by atoms with Gasteiger partial charge >= 0.3 is 5.69 Å². The quantitative estimate of drug-likeness (QED) is 0.278. The normalized spacial score (nSPS) is 21.0. The number of carbonyl (C=O) groups is 1. The number of carbonyl (C=O) groups excluding carboxylic acids is 1. The Kier molecular flexibility index (Phi) is 6.11. The van der Waals surface area contributed by atoms with Crippen LogP contribution in [0.4, 0.5) is 10.1 Å². The zero-order valence-electron chi connectivity index (χ0n) is 22.4. The number of hydrogen-bond donors (Lipinski definition) is 2. The first-order chi connectivity index (χ1) is 19.4. The molecule has 1 amide bonds. The number of halogens is 3. The molecule has 1 spiro atoms. The number of rotatable bonds is 3. The molecule has 3 atom stereocenters. The lowest BCUT2D eigenvalue weighted by Crippen LogP contribution is -2.46. The van der Waals surface area contributed by atoms with Crippen LogP contribution in [0.25, 0.3) is 5.69 Å². The molecular formula is C31H25Cl2FN4O3. The maximum Gasteiger partial charge on any atom is 0.336 e. The fraction of sp³-hybridized carbons (Fsp3) is 0.258. The molecule has 0 radical (unpaired) electrons. The van der Waals surface area contributed by atoms with Crippen molar-refractivity contribution in [2.45, 2.75) is 44.6 Å². The highest BCUT2D eigenvalue weighted by Gasteiger charge is 2.66. The van der Waals surface area contributed by atoms with Gasteiger partial charge in [-0.1, -0.05) is 62.2 Å². The molecule has 3 aromatic carbocycles. The average Bonchev–Trinajstić information content (AvgIpc) is 3.46. The minimum Gasteiger partial charge on any atom is -0.493 e. The number of benzene rings is 3. The van der Waals surface area contributed by atoms with E-state index in [-0.39, 0.29) is 16.3 Å². The van der Waals surface area contributed by atoms with Gasteiger partial charge in [-0.25, -0.2) is 13.8 Å². The summed E-state index contributed by atoms with van der Waals surface area (Å²) in [5, 5.41) is 24.2. The summed E-state index contributed by atoms with van der Waals surface area (Å²) >= 11 is 12.5. The van der Waals surface area contributed by atoms with Crippen molar-refractivity contribution in [3.8, 4) is 17.6 Å². The van der Waals surface area contributed by atoms with E-state index in [1.54, 1.807) is 36.4 Å². The summed E-state index contributed by atoms with van der Waals surface area (Å²) in [4.78, 5) is 28.6. The van der Waals surface area contributed by atoms with Crippen LogP contribution >= 0.6 is 23.2 Å². The highest BCUT2D eigenvalue weighted by molar-refractivity contribution is 6.31. The van der Waals surface area contributed by atoms with E-state index in [1.165, 1.54) is 28.8 Å². The number of aromatic nitrogens is 2. The second-order valence-electron chi connectivity index (χ2n) is 11.7. The number of fused-ring (bicyclic) bond motifs is 3. The highest BCUT2D eigenvalue weighted by atomic mass is 35.5. The van der Waals surface area contributed by atoms with Gasteiger partial charge in [0.1, 0.15) is 11.2 Å². The van der Waals surface area contributed by atoms with Gasteiger partial charge in [-0.15, -0.1) is 0 Å². The first kappa shape index (κ1) is 27.1. The summed E-state index contributed by atoms with van der Waals surface area (Å²) in [7, 11) is 0. The Morgan fingerprint density at radius 3 is 2.46 bits per heavy atom. The summed E-state index contributed by atoms with van der Waals surface area (Å²) in [6.07, 6.45) is 0.338. The number of hydrogen-bond acceptors (Lipinski definition) is 4. The van der Waals surface area contributed by atoms with Crippen LogP contribution in [-0.4, -0.2) is 20.1 Å². The molecule has 4 aromatic rings. The second kappa shape index (κ2) is 9.23. The summed E-state index contributed by atoms with van der Waals surface area (Å²) in [6.45, 7) is 5.98. The van der Waals surface area contributed by atoms with Crippen molar-refractivity contribution in [2.24, 2.45) is 5.41 Å². The minimum absolute atomic E-state index is 0.0767. The molecule has 41 heavy (non-hydrogen) atoms. The topological polar surface area (TPSA) is 100 Å². The number of imidazole rings is 1. The Hall–Kier alpha value is -4.06. The van der Waals surface area contributed by atoms with E-state index in [9.17, 15) is 20.0 Å². The molecule has 3 heterocycles. The lowest BCUT2D eigenvalue weighted by molar-refractivity contribution is -0.122. The molecule has 10 heteroatoms. The van der Waals surface area contributed by atoms with Gasteiger partial charge in [0.15, 0.2) is 0 Å². The van der Waals surface area contributed by atoms with Crippen molar-refractivity contribution >= 4 is 34.8 Å². The van der Waals surface area contributed by atoms with Crippen LogP contribution in [0.1, 0.15) is 61.5 Å². The lowest BCUT2D eigenvalue weighted by Gasteiger charge is -2.38. The third-order valence-electron chi connectivity index (χ3n) is 8.07. The fourth-order valence-corrected chi connectivity index (χ4v) is 6.89. The molecule has 0 fully saturated rings. The molecule has 208 valence electrons. The predicted octanol–water partition coefficient (Wildman–Crippen LogP) is 6.68. The molecule has 2 aliphatic rings. The van der Waals surface area contributed by atoms with Crippen molar-refractivity contribution < 1.29 is 14.3 Å². The smallest absolute Gasteiger partial charge is 0.336 e. The van der Waals surface area contributed by atoms with Gasteiger partial charge in [0.2, 0.25) is 11.8 Å². The minimum atomic E-state index is -1.51. The van der Waals surface area contributed by atoms with Gasteiger partial charge in [-0.3, -0.25) is 9.36 Å². The number of anilines is 1. The number of amides is 1. The molecule has 1 aromatic heterocycles. The van der Waals surface area contributed by atoms with Crippen molar-refractivity contribution in [1.82, 2.24) is 9.13 Å². The maximum atomic E-state index is 16.0. The molecule has 2 aliphatic heterocycles. The average molecular weight is 591 g/mol. The lowest BCUT2D eigenvalue weighted by atomic mass is 9.62. The number of nitrogens with one attached hydrogen (secondary N) is 1. The molecule has 2 N–H and O–H groups in total. The van der Waals surface area contributed by atoms with Gasteiger partial charge in [0, 0.05) is 16.3 Å². The van der Waals surface area contributed by atoms with Crippen molar-refractivity contribution in [1.29, 1.82) is 5.26 Å². The summed E-state index contributed by atoms with van der Waals surface area (Å²) < 4.78 is 18.5. The summed E-state index contributed by atoms with van der Waals surface area (Å²) in [5.41, 5.74) is -0.576. The van der Waals surface area contributed by atoms with E-state index in [4.69, 9.17) is 23.2 Å². The molecule has 0 bridgehead atoms. The van der Waals surface area contributed by atoms with E-state index in [2.05, 4.69) is 5.32 Å². The summed E-state index contributed by atoms with van der Waals surface area (Å²) in [5.74, 6) is -2.71. The van der Waals surface area contributed by atoms with E-state index >= 15 is 4.39 Å². The van der Waals surface area contributed by atoms with Gasteiger partial charge in [-0.05, 0) is 59.9 Å².